The lowest BCUT2D eigenvalue weighted by molar-refractivity contribution is 0.671. The summed E-state index contributed by atoms with van der Waals surface area (Å²) in [7, 11) is 0. The quantitative estimate of drug-likeness (QED) is 0.349. The standard InChI is InChI=1S/C20H31N7.HI/c1-4-21-20(22-14-19-25-23-15-26(19)5-2)24-16(3)17-9-8-10-18(13-17)27-11-6-7-12-27;/h8-10,13,15-16H,4-7,11-12,14H2,1-3H3,(H2,21,22,24);1H. The van der Waals surface area contributed by atoms with Crippen LogP contribution in [-0.4, -0.2) is 40.4 Å². The summed E-state index contributed by atoms with van der Waals surface area (Å²) in [5.74, 6) is 1.67. The number of nitrogens with one attached hydrogen (secondary N) is 2. The largest absolute Gasteiger partial charge is 0.372 e. The highest BCUT2D eigenvalue weighted by molar-refractivity contribution is 14.0. The molecule has 1 fully saturated rings. The molecule has 2 aromatic rings. The number of anilines is 1. The van der Waals surface area contributed by atoms with Gasteiger partial charge >= 0.3 is 0 Å². The fraction of sp³-hybridized carbons (Fsp3) is 0.550. The highest BCUT2D eigenvalue weighted by Gasteiger charge is 2.14. The lowest BCUT2D eigenvalue weighted by atomic mass is 10.1. The Morgan fingerprint density at radius 3 is 2.75 bits per heavy atom. The van der Waals surface area contributed by atoms with E-state index in [2.05, 4.69) is 70.8 Å². The summed E-state index contributed by atoms with van der Waals surface area (Å²) in [6.45, 7) is 10.8. The number of aryl methyl sites for hydroxylation is 1. The van der Waals surface area contributed by atoms with Gasteiger partial charge in [-0.2, -0.15) is 0 Å². The van der Waals surface area contributed by atoms with Crippen LogP contribution in [0.3, 0.4) is 0 Å². The maximum Gasteiger partial charge on any atom is 0.192 e. The molecule has 0 aliphatic carbocycles. The van der Waals surface area contributed by atoms with Crippen LogP contribution in [0, 0.1) is 0 Å². The number of aromatic nitrogens is 3. The second-order valence-electron chi connectivity index (χ2n) is 6.88. The first kappa shape index (κ1) is 22.4. The molecule has 0 saturated carbocycles. The van der Waals surface area contributed by atoms with E-state index < -0.39 is 0 Å². The van der Waals surface area contributed by atoms with E-state index in [1.54, 1.807) is 6.33 Å². The molecule has 154 valence electrons. The molecular formula is C20H32IN7. The second-order valence-corrected chi connectivity index (χ2v) is 6.88. The summed E-state index contributed by atoms with van der Waals surface area (Å²) in [5.41, 5.74) is 2.58. The summed E-state index contributed by atoms with van der Waals surface area (Å²) in [6.07, 6.45) is 4.33. The van der Waals surface area contributed by atoms with Crippen LogP contribution in [0.5, 0.6) is 0 Å². The first-order valence-corrected chi connectivity index (χ1v) is 9.97. The molecule has 1 aromatic heterocycles. The summed E-state index contributed by atoms with van der Waals surface area (Å²) < 4.78 is 2.01. The topological polar surface area (TPSA) is 70.4 Å². The molecule has 1 aromatic carbocycles. The van der Waals surface area contributed by atoms with E-state index >= 15 is 0 Å². The van der Waals surface area contributed by atoms with E-state index in [1.807, 2.05) is 4.57 Å². The van der Waals surface area contributed by atoms with Gasteiger partial charge in [-0.1, -0.05) is 12.1 Å². The van der Waals surface area contributed by atoms with Crippen molar-refractivity contribution >= 4 is 35.6 Å². The Kier molecular flexibility index (Phi) is 9.01. The Labute approximate surface area is 185 Å². The third kappa shape index (κ3) is 5.83. The summed E-state index contributed by atoms with van der Waals surface area (Å²) in [4.78, 5) is 7.16. The lowest BCUT2D eigenvalue weighted by Crippen LogP contribution is -2.38. The molecule has 1 saturated heterocycles. The summed E-state index contributed by atoms with van der Waals surface area (Å²) in [6, 6.07) is 8.98. The molecule has 28 heavy (non-hydrogen) atoms. The van der Waals surface area contributed by atoms with Crippen molar-refractivity contribution in [2.45, 2.75) is 52.7 Å². The molecule has 7 nitrogen and oxygen atoms in total. The Morgan fingerprint density at radius 1 is 1.25 bits per heavy atom. The number of guanidine groups is 1. The van der Waals surface area contributed by atoms with Gasteiger partial charge in [0.15, 0.2) is 11.8 Å². The van der Waals surface area contributed by atoms with Crippen LogP contribution < -0.4 is 15.5 Å². The predicted octanol–water partition coefficient (Wildman–Crippen LogP) is 3.33. The van der Waals surface area contributed by atoms with E-state index in [-0.39, 0.29) is 30.0 Å². The number of rotatable bonds is 7. The van der Waals surface area contributed by atoms with Crippen molar-refractivity contribution in [1.82, 2.24) is 25.4 Å². The minimum absolute atomic E-state index is 0. The monoisotopic (exact) mass is 497 g/mol. The van der Waals surface area contributed by atoms with E-state index in [4.69, 9.17) is 4.99 Å². The molecule has 0 amide bonds. The predicted molar refractivity (Wildman–Crippen MR) is 125 cm³/mol. The highest BCUT2D eigenvalue weighted by Crippen LogP contribution is 2.23. The van der Waals surface area contributed by atoms with E-state index in [0.717, 1.165) is 38.0 Å². The highest BCUT2D eigenvalue weighted by atomic mass is 127. The van der Waals surface area contributed by atoms with Crippen LogP contribution in [0.1, 0.15) is 51.0 Å². The zero-order valence-corrected chi connectivity index (χ0v) is 19.4. The van der Waals surface area contributed by atoms with Gasteiger partial charge < -0.3 is 20.1 Å². The Bertz CT molecular complexity index is 753. The molecule has 3 rings (SSSR count). The van der Waals surface area contributed by atoms with Crippen LogP contribution in [0.15, 0.2) is 35.6 Å². The number of hydrogen-bond donors (Lipinski definition) is 2. The lowest BCUT2D eigenvalue weighted by Gasteiger charge is -2.22. The van der Waals surface area contributed by atoms with E-state index in [1.165, 1.54) is 24.1 Å². The molecule has 0 radical (unpaired) electrons. The molecule has 1 atom stereocenters. The van der Waals surface area contributed by atoms with Crippen LogP contribution in [0.25, 0.3) is 0 Å². The zero-order valence-electron chi connectivity index (χ0n) is 17.1. The van der Waals surface area contributed by atoms with Gasteiger partial charge in [-0.3, -0.25) is 0 Å². The van der Waals surface area contributed by atoms with Gasteiger partial charge in [-0.15, -0.1) is 34.2 Å². The van der Waals surface area contributed by atoms with Gasteiger partial charge in [0.25, 0.3) is 0 Å². The number of nitrogens with zero attached hydrogens (tertiary/aromatic N) is 5. The smallest absolute Gasteiger partial charge is 0.192 e. The van der Waals surface area contributed by atoms with Crippen molar-refractivity contribution in [1.29, 1.82) is 0 Å². The molecule has 1 aliphatic heterocycles. The average molecular weight is 497 g/mol. The van der Waals surface area contributed by atoms with Crippen LogP contribution >= 0.6 is 24.0 Å². The van der Waals surface area contributed by atoms with Gasteiger partial charge in [-0.25, -0.2) is 4.99 Å². The molecule has 0 bridgehead atoms. The van der Waals surface area contributed by atoms with Crippen molar-refractivity contribution in [3.05, 3.63) is 42.0 Å². The molecule has 0 spiro atoms. The fourth-order valence-electron chi connectivity index (χ4n) is 3.39. The zero-order chi connectivity index (χ0) is 19.1. The van der Waals surface area contributed by atoms with Gasteiger partial charge in [0.1, 0.15) is 12.9 Å². The minimum Gasteiger partial charge on any atom is -0.372 e. The van der Waals surface area contributed by atoms with Crippen molar-refractivity contribution in [3.63, 3.8) is 0 Å². The van der Waals surface area contributed by atoms with Crippen molar-refractivity contribution < 1.29 is 0 Å². The van der Waals surface area contributed by atoms with Crippen LogP contribution in [-0.2, 0) is 13.1 Å². The van der Waals surface area contributed by atoms with Gasteiger partial charge in [-0.05, 0) is 51.3 Å². The van der Waals surface area contributed by atoms with Crippen molar-refractivity contribution in [2.75, 3.05) is 24.5 Å². The maximum absolute atomic E-state index is 4.69. The average Bonchev–Trinajstić information content (AvgIpc) is 3.38. The van der Waals surface area contributed by atoms with Crippen LogP contribution in [0.2, 0.25) is 0 Å². The van der Waals surface area contributed by atoms with E-state index in [9.17, 15) is 0 Å². The van der Waals surface area contributed by atoms with Gasteiger partial charge in [0, 0.05) is 31.9 Å². The molecular weight excluding hydrogens is 465 g/mol. The Hall–Kier alpha value is -1.84. The van der Waals surface area contributed by atoms with Crippen LogP contribution in [0.4, 0.5) is 5.69 Å². The molecule has 1 aliphatic rings. The number of benzene rings is 1. The SMILES string of the molecule is CCNC(=NCc1nncn1CC)NC(C)c1cccc(N2CCCC2)c1.I. The molecule has 1 unspecified atom stereocenters. The third-order valence-electron chi connectivity index (χ3n) is 4.95. The van der Waals surface area contributed by atoms with Gasteiger partial charge in [0.2, 0.25) is 0 Å². The number of aliphatic imine (C=N–C) groups is 1. The van der Waals surface area contributed by atoms with E-state index in [0.29, 0.717) is 6.54 Å². The van der Waals surface area contributed by atoms with Gasteiger partial charge in [0.05, 0.1) is 6.04 Å². The van der Waals surface area contributed by atoms with Crippen molar-refractivity contribution in [2.24, 2.45) is 4.99 Å². The second kappa shape index (κ2) is 11.2. The first-order valence-electron chi connectivity index (χ1n) is 9.97. The third-order valence-corrected chi connectivity index (χ3v) is 4.95. The summed E-state index contributed by atoms with van der Waals surface area (Å²) >= 11 is 0. The Balaban J connectivity index is 0.00000280. The molecule has 2 heterocycles. The number of hydrogen-bond acceptors (Lipinski definition) is 4. The fourth-order valence-corrected chi connectivity index (χ4v) is 3.39. The first-order chi connectivity index (χ1) is 13.2. The maximum atomic E-state index is 4.69. The molecule has 2 N–H and O–H groups in total. The van der Waals surface area contributed by atoms with Crippen molar-refractivity contribution in [3.8, 4) is 0 Å². The molecule has 8 heteroatoms. The minimum atomic E-state index is 0. The normalized spacial score (nSPS) is 15.2. The summed E-state index contributed by atoms with van der Waals surface area (Å²) in [5, 5.41) is 15.0. The Morgan fingerprint density at radius 2 is 2.04 bits per heavy atom. The number of halogens is 1.